The van der Waals surface area contributed by atoms with E-state index in [4.69, 9.17) is 13.6 Å². The van der Waals surface area contributed by atoms with Crippen LogP contribution in [-0.2, 0) is 11.2 Å². The van der Waals surface area contributed by atoms with Gasteiger partial charge in [-0.25, -0.2) is 19.9 Å². The lowest BCUT2D eigenvalue weighted by Gasteiger charge is -2.08. The summed E-state index contributed by atoms with van der Waals surface area (Å²) < 4.78 is 17.1. The standard InChI is InChI=1S/C24H18N4O3/c1-2-6-18-17(5-1)25-24(31-18)16-11-9-15(10-12-16)21-26-22(19-7-3-13-29-19)28-23(27-21)20-8-4-14-30-20/h2-3,6-13H,1,4-5,14H2. The number of hydrogen-bond acceptors (Lipinski definition) is 7. The average molecular weight is 410 g/mol. The van der Waals surface area contributed by atoms with Crippen molar-refractivity contribution in [2.45, 2.75) is 19.3 Å². The molecule has 1 aliphatic heterocycles. The molecule has 1 aliphatic carbocycles. The van der Waals surface area contributed by atoms with Crippen molar-refractivity contribution in [3.8, 4) is 34.4 Å². The molecular formula is C24H18N4O3. The van der Waals surface area contributed by atoms with Gasteiger partial charge in [0.2, 0.25) is 5.89 Å². The lowest BCUT2D eigenvalue weighted by molar-refractivity contribution is 0.305. The van der Waals surface area contributed by atoms with Crippen LogP contribution in [0.4, 0.5) is 0 Å². The highest BCUT2D eigenvalue weighted by atomic mass is 16.5. The third-order valence-electron chi connectivity index (χ3n) is 5.24. The van der Waals surface area contributed by atoms with Gasteiger partial charge >= 0.3 is 0 Å². The van der Waals surface area contributed by atoms with Crippen LogP contribution in [0.15, 0.2) is 63.6 Å². The summed E-state index contributed by atoms with van der Waals surface area (Å²) in [5.74, 6) is 4.25. The SMILES string of the molecule is C1=Cc2oc(-c3ccc(-c4nc(C5=CCCO5)nc(-c5ccco5)n4)cc3)nc2CC1. The van der Waals surface area contributed by atoms with Gasteiger partial charge in [-0.2, -0.15) is 0 Å². The summed E-state index contributed by atoms with van der Waals surface area (Å²) in [7, 11) is 0. The van der Waals surface area contributed by atoms with Gasteiger partial charge in [0.15, 0.2) is 34.8 Å². The number of benzene rings is 1. The third-order valence-corrected chi connectivity index (χ3v) is 5.24. The zero-order valence-corrected chi connectivity index (χ0v) is 16.6. The highest BCUT2D eigenvalue weighted by Gasteiger charge is 2.19. The quantitative estimate of drug-likeness (QED) is 0.458. The van der Waals surface area contributed by atoms with Crippen molar-refractivity contribution < 1.29 is 13.6 Å². The molecule has 0 spiro atoms. The molecule has 4 heterocycles. The zero-order chi connectivity index (χ0) is 20.6. The van der Waals surface area contributed by atoms with Gasteiger partial charge in [-0.15, -0.1) is 0 Å². The molecule has 0 saturated carbocycles. The zero-order valence-electron chi connectivity index (χ0n) is 16.6. The summed E-state index contributed by atoms with van der Waals surface area (Å²) >= 11 is 0. The van der Waals surface area contributed by atoms with E-state index >= 15 is 0 Å². The number of oxazole rings is 1. The monoisotopic (exact) mass is 410 g/mol. The minimum Gasteiger partial charge on any atom is -0.490 e. The largest absolute Gasteiger partial charge is 0.490 e. The van der Waals surface area contributed by atoms with Crippen LogP contribution >= 0.6 is 0 Å². The predicted octanol–water partition coefficient (Wildman–Crippen LogP) is 5.17. The molecular weight excluding hydrogens is 392 g/mol. The highest BCUT2D eigenvalue weighted by molar-refractivity contribution is 5.66. The van der Waals surface area contributed by atoms with Gasteiger partial charge in [0, 0.05) is 17.5 Å². The second-order valence-corrected chi connectivity index (χ2v) is 7.34. The van der Waals surface area contributed by atoms with Crippen LogP contribution in [0.3, 0.4) is 0 Å². The minimum atomic E-state index is 0.470. The molecule has 1 aromatic carbocycles. The number of rotatable bonds is 4. The topological polar surface area (TPSA) is 87.1 Å². The number of allylic oxidation sites excluding steroid dienone is 1. The first-order valence-electron chi connectivity index (χ1n) is 10.2. The summed E-state index contributed by atoms with van der Waals surface area (Å²) in [6.07, 6.45) is 10.4. The average Bonchev–Trinajstić information content (AvgIpc) is 3.60. The van der Waals surface area contributed by atoms with E-state index in [9.17, 15) is 0 Å². The molecule has 31 heavy (non-hydrogen) atoms. The van der Waals surface area contributed by atoms with E-state index in [0.717, 1.165) is 41.8 Å². The first-order chi connectivity index (χ1) is 15.3. The number of hydrogen-bond donors (Lipinski definition) is 0. The maximum absolute atomic E-state index is 5.92. The molecule has 2 aliphatic rings. The molecule has 0 saturated heterocycles. The van der Waals surface area contributed by atoms with E-state index < -0.39 is 0 Å². The van der Waals surface area contributed by atoms with Crippen LogP contribution < -0.4 is 0 Å². The second-order valence-electron chi connectivity index (χ2n) is 7.34. The van der Waals surface area contributed by atoms with Gasteiger partial charge < -0.3 is 13.6 Å². The van der Waals surface area contributed by atoms with E-state index in [-0.39, 0.29) is 0 Å². The number of fused-ring (bicyclic) bond motifs is 1. The lowest BCUT2D eigenvalue weighted by atomic mass is 10.1. The van der Waals surface area contributed by atoms with E-state index in [2.05, 4.69) is 26.0 Å². The predicted molar refractivity (Wildman–Crippen MR) is 114 cm³/mol. The molecule has 0 radical (unpaired) electrons. The van der Waals surface area contributed by atoms with E-state index in [1.54, 1.807) is 6.26 Å². The van der Waals surface area contributed by atoms with E-state index in [1.165, 1.54) is 0 Å². The number of furan rings is 1. The van der Waals surface area contributed by atoms with Crippen LogP contribution in [0.5, 0.6) is 0 Å². The maximum atomic E-state index is 5.92. The van der Waals surface area contributed by atoms with Crippen molar-refractivity contribution in [1.82, 2.24) is 19.9 Å². The normalized spacial score (nSPS) is 14.9. The first kappa shape index (κ1) is 17.8. The Hall–Kier alpha value is -4.00. The van der Waals surface area contributed by atoms with Gasteiger partial charge in [-0.05, 0) is 49.3 Å². The Kier molecular flexibility index (Phi) is 4.23. The van der Waals surface area contributed by atoms with E-state index in [1.807, 2.05) is 48.6 Å². The molecule has 0 atom stereocenters. The molecule has 0 bridgehead atoms. The maximum Gasteiger partial charge on any atom is 0.226 e. The number of aromatic nitrogens is 4. The fourth-order valence-corrected chi connectivity index (χ4v) is 3.67. The molecule has 0 unspecified atom stereocenters. The smallest absolute Gasteiger partial charge is 0.226 e. The Bertz CT molecular complexity index is 1300. The third kappa shape index (κ3) is 3.34. The molecule has 0 amide bonds. The molecule has 0 fully saturated rings. The van der Waals surface area contributed by atoms with Crippen LogP contribution in [0.2, 0.25) is 0 Å². The van der Waals surface area contributed by atoms with Gasteiger partial charge in [0.1, 0.15) is 0 Å². The number of ether oxygens (including phenoxy) is 1. The van der Waals surface area contributed by atoms with Crippen LogP contribution in [-0.4, -0.2) is 26.5 Å². The van der Waals surface area contributed by atoms with Crippen molar-refractivity contribution in [3.05, 3.63) is 72.1 Å². The minimum absolute atomic E-state index is 0.470. The Balaban J connectivity index is 1.38. The lowest BCUT2D eigenvalue weighted by Crippen LogP contribution is -2.02. The molecule has 152 valence electrons. The van der Waals surface area contributed by atoms with Crippen molar-refractivity contribution in [1.29, 1.82) is 0 Å². The summed E-state index contributed by atoms with van der Waals surface area (Å²) in [6, 6.07) is 11.5. The van der Waals surface area contributed by atoms with Crippen molar-refractivity contribution >= 4 is 11.8 Å². The van der Waals surface area contributed by atoms with Crippen molar-refractivity contribution in [3.63, 3.8) is 0 Å². The Morgan fingerprint density at radius 3 is 2.42 bits per heavy atom. The van der Waals surface area contributed by atoms with Gasteiger partial charge in [0.25, 0.3) is 0 Å². The fourth-order valence-electron chi connectivity index (χ4n) is 3.67. The highest BCUT2D eigenvalue weighted by Crippen LogP contribution is 2.29. The number of aryl methyl sites for hydroxylation is 1. The molecule has 7 nitrogen and oxygen atoms in total. The molecule has 0 N–H and O–H groups in total. The van der Waals surface area contributed by atoms with Crippen LogP contribution in [0.25, 0.3) is 46.3 Å². The summed E-state index contributed by atoms with van der Waals surface area (Å²) in [5, 5.41) is 0. The van der Waals surface area contributed by atoms with Crippen molar-refractivity contribution in [2.24, 2.45) is 0 Å². The molecule has 6 rings (SSSR count). The van der Waals surface area contributed by atoms with Gasteiger partial charge in [-0.1, -0.05) is 18.2 Å². The van der Waals surface area contributed by atoms with Gasteiger partial charge in [0.05, 0.1) is 18.6 Å². The summed E-state index contributed by atoms with van der Waals surface area (Å²) in [5.41, 5.74) is 2.78. The van der Waals surface area contributed by atoms with Crippen LogP contribution in [0, 0.1) is 0 Å². The Morgan fingerprint density at radius 2 is 1.65 bits per heavy atom. The first-order valence-corrected chi connectivity index (χ1v) is 10.2. The molecule has 4 aromatic rings. The fraction of sp³-hybridized carbons (Fsp3) is 0.167. The summed E-state index contributed by atoms with van der Waals surface area (Å²) in [6.45, 7) is 0.635. The van der Waals surface area contributed by atoms with Crippen molar-refractivity contribution in [2.75, 3.05) is 6.61 Å². The van der Waals surface area contributed by atoms with E-state index in [0.29, 0.717) is 41.5 Å². The Morgan fingerprint density at radius 1 is 0.806 bits per heavy atom. The second kappa shape index (κ2) is 7.36. The molecule has 3 aromatic heterocycles. The Labute approximate surface area is 178 Å². The van der Waals surface area contributed by atoms with Gasteiger partial charge in [-0.3, -0.25) is 0 Å². The molecule has 7 heteroatoms. The van der Waals surface area contributed by atoms with Crippen LogP contribution in [0.1, 0.15) is 30.1 Å². The number of nitrogens with zero attached hydrogens (tertiary/aromatic N) is 4. The summed E-state index contributed by atoms with van der Waals surface area (Å²) in [4.78, 5) is 18.5.